The number of ether oxygens (including phenoxy) is 2. The molecule has 2 saturated heterocycles. The van der Waals surface area contributed by atoms with Crippen molar-refractivity contribution >= 4 is 5.91 Å². The van der Waals surface area contributed by atoms with E-state index in [2.05, 4.69) is 20.2 Å². The molecule has 0 aliphatic carbocycles. The van der Waals surface area contributed by atoms with E-state index in [0.717, 1.165) is 58.4 Å². The van der Waals surface area contributed by atoms with Gasteiger partial charge < -0.3 is 19.7 Å². The van der Waals surface area contributed by atoms with E-state index in [-0.39, 0.29) is 11.4 Å². The molecule has 0 radical (unpaired) electrons. The van der Waals surface area contributed by atoms with Crippen LogP contribution in [0.15, 0.2) is 18.6 Å². The van der Waals surface area contributed by atoms with E-state index in [1.54, 1.807) is 19.5 Å². The SMILES string of the molecule is COCCC1(NC(=O)c2cnccn2)CCN(C2CCOCC2)CC1. The van der Waals surface area contributed by atoms with Crippen LogP contribution in [0.2, 0.25) is 0 Å². The lowest BCUT2D eigenvalue weighted by atomic mass is 9.83. The molecule has 0 bridgehead atoms. The summed E-state index contributed by atoms with van der Waals surface area (Å²) < 4.78 is 10.8. The number of piperidine rings is 1. The summed E-state index contributed by atoms with van der Waals surface area (Å²) in [6, 6.07) is 0.616. The van der Waals surface area contributed by atoms with Gasteiger partial charge in [0, 0.05) is 64.0 Å². The van der Waals surface area contributed by atoms with Gasteiger partial charge >= 0.3 is 0 Å². The van der Waals surface area contributed by atoms with Crippen LogP contribution < -0.4 is 5.32 Å². The predicted octanol–water partition coefficient (Wildman–Crippen LogP) is 1.26. The maximum Gasteiger partial charge on any atom is 0.271 e. The Morgan fingerprint density at radius 2 is 2.12 bits per heavy atom. The van der Waals surface area contributed by atoms with E-state index in [4.69, 9.17) is 9.47 Å². The van der Waals surface area contributed by atoms with Crippen molar-refractivity contribution in [3.05, 3.63) is 24.3 Å². The third kappa shape index (κ3) is 4.74. The van der Waals surface area contributed by atoms with E-state index in [1.807, 2.05) is 0 Å². The van der Waals surface area contributed by atoms with E-state index in [9.17, 15) is 4.79 Å². The second-order valence-corrected chi connectivity index (χ2v) is 6.95. The monoisotopic (exact) mass is 348 g/mol. The van der Waals surface area contributed by atoms with Crippen LogP contribution in [0.5, 0.6) is 0 Å². The molecule has 138 valence electrons. The molecule has 7 heteroatoms. The number of rotatable bonds is 6. The maximum atomic E-state index is 12.6. The zero-order chi connectivity index (χ0) is 17.5. The number of nitrogens with one attached hydrogen (secondary N) is 1. The number of carbonyl (C=O) groups excluding carboxylic acids is 1. The first-order chi connectivity index (χ1) is 12.2. The van der Waals surface area contributed by atoms with Gasteiger partial charge in [-0.1, -0.05) is 0 Å². The zero-order valence-electron chi connectivity index (χ0n) is 14.9. The van der Waals surface area contributed by atoms with Crippen LogP contribution in [0.4, 0.5) is 0 Å². The summed E-state index contributed by atoms with van der Waals surface area (Å²) in [5.41, 5.74) is 0.137. The van der Waals surface area contributed by atoms with Crippen molar-refractivity contribution in [2.24, 2.45) is 0 Å². The highest BCUT2D eigenvalue weighted by Crippen LogP contribution is 2.29. The molecule has 2 aliphatic heterocycles. The van der Waals surface area contributed by atoms with Gasteiger partial charge in [0.2, 0.25) is 0 Å². The molecule has 3 rings (SSSR count). The topological polar surface area (TPSA) is 76.6 Å². The molecule has 1 amide bonds. The molecule has 2 aliphatic rings. The zero-order valence-corrected chi connectivity index (χ0v) is 14.9. The molecular formula is C18H28N4O3. The summed E-state index contributed by atoms with van der Waals surface area (Å²) in [5.74, 6) is -0.149. The lowest BCUT2D eigenvalue weighted by Crippen LogP contribution is -2.57. The molecule has 0 atom stereocenters. The van der Waals surface area contributed by atoms with E-state index < -0.39 is 0 Å². The maximum absolute atomic E-state index is 12.6. The van der Waals surface area contributed by atoms with Gasteiger partial charge in [-0.2, -0.15) is 0 Å². The summed E-state index contributed by atoms with van der Waals surface area (Å²) in [7, 11) is 1.70. The highest BCUT2D eigenvalue weighted by atomic mass is 16.5. The molecule has 7 nitrogen and oxygen atoms in total. The van der Waals surface area contributed by atoms with E-state index >= 15 is 0 Å². The lowest BCUT2D eigenvalue weighted by Gasteiger charge is -2.45. The summed E-state index contributed by atoms with van der Waals surface area (Å²) in [5, 5.41) is 3.23. The molecule has 25 heavy (non-hydrogen) atoms. The van der Waals surface area contributed by atoms with Gasteiger partial charge in [0.25, 0.3) is 5.91 Å². The minimum atomic E-state index is -0.230. The first-order valence-electron chi connectivity index (χ1n) is 9.12. The average molecular weight is 348 g/mol. The van der Waals surface area contributed by atoms with Crippen LogP contribution in [0, 0.1) is 0 Å². The Hall–Kier alpha value is -1.57. The van der Waals surface area contributed by atoms with Crippen molar-refractivity contribution < 1.29 is 14.3 Å². The average Bonchev–Trinajstić information content (AvgIpc) is 2.68. The predicted molar refractivity (Wildman–Crippen MR) is 93.4 cm³/mol. The number of hydrogen-bond donors (Lipinski definition) is 1. The number of likely N-dealkylation sites (tertiary alicyclic amines) is 1. The van der Waals surface area contributed by atoms with Crippen molar-refractivity contribution in [3.63, 3.8) is 0 Å². The standard InChI is InChI=1S/C18H28N4O3/c1-24-13-6-18(21-17(23)16-14-19-7-8-20-16)4-9-22(10-5-18)15-2-11-25-12-3-15/h7-8,14-15H,2-6,9-13H2,1H3,(H,21,23). The molecule has 2 fully saturated rings. The van der Waals surface area contributed by atoms with E-state index in [0.29, 0.717) is 18.3 Å². The third-order valence-corrected chi connectivity index (χ3v) is 5.42. The Kier molecular flexibility index (Phi) is 6.34. The Morgan fingerprint density at radius 3 is 2.76 bits per heavy atom. The molecule has 0 saturated carbocycles. The number of carbonyl (C=O) groups is 1. The summed E-state index contributed by atoms with van der Waals surface area (Å²) >= 11 is 0. The fourth-order valence-corrected chi connectivity index (χ4v) is 3.82. The largest absolute Gasteiger partial charge is 0.385 e. The summed E-state index contributed by atoms with van der Waals surface area (Å²) in [6.07, 6.45) is 9.52. The Labute approximate surface area is 149 Å². The van der Waals surface area contributed by atoms with Crippen molar-refractivity contribution in [1.82, 2.24) is 20.2 Å². The smallest absolute Gasteiger partial charge is 0.271 e. The van der Waals surface area contributed by atoms with Crippen molar-refractivity contribution in [1.29, 1.82) is 0 Å². The summed E-state index contributed by atoms with van der Waals surface area (Å²) in [4.78, 5) is 23.2. The second-order valence-electron chi connectivity index (χ2n) is 6.95. The first-order valence-corrected chi connectivity index (χ1v) is 9.12. The number of hydrogen-bond acceptors (Lipinski definition) is 6. The van der Waals surface area contributed by atoms with Gasteiger partial charge in [-0.25, -0.2) is 4.98 Å². The fourth-order valence-electron chi connectivity index (χ4n) is 3.82. The molecule has 0 spiro atoms. The van der Waals surface area contributed by atoms with Crippen LogP contribution in [-0.4, -0.2) is 72.4 Å². The Bertz CT molecular complexity index is 541. The van der Waals surface area contributed by atoms with Gasteiger partial charge in [0.1, 0.15) is 5.69 Å². The molecule has 0 unspecified atom stereocenters. The van der Waals surface area contributed by atoms with Crippen LogP contribution in [0.3, 0.4) is 0 Å². The Balaban J connectivity index is 1.62. The van der Waals surface area contributed by atoms with Crippen molar-refractivity contribution in [2.45, 2.75) is 43.7 Å². The van der Waals surface area contributed by atoms with Gasteiger partial charge in [-0.15, -0.1) is 0 Å². The molecule has 1 aromatic rings. The second kappa shape index (κ2) is 8.69. The molecule has 1 N–H and O–H groups in total. The van der Waals surface area contributed by atoms with Gasteiger partial charge in [0.05, 0.1) is 6.20 Å². The Morgan fingerprint density at radius 1 is 1.36 bits per heavy atom. The number of nitrogens with zero attached hydrogens (tertiary/aromatic N) is 3. The molecule has 0 aromatic carbocycles. The minimum Gasteiger partial charge on any atom is -0.385 e. The van der Waals surface area contributed by atoms with E-state index in [1.165, 1.54) is 6.20 Å². The van der Waals surface area contributed by atoms with Crippen LogP contribution in [-0.2, 0) is 9.47 Å². The number of methoxy groups -OCH3 is 1. The van der Waals surface area contributed by atoms with Gasteiger partial charge in [0.15, 0.2) is 0 Å². The number of amides is 1. The fraction of sp³-hybridized carbons (Fsp3) is 0.722. The third-order valence-electron chi connectivity index (χ3n) is 5.42. The van der Waals surface area contributed by atoms with Crippen LogP contribution in [0.25, 0.3) is 0 Å². The van der Waals surface area contributed by atoms with Crippen LogP contribution >= 0.6 is 0 Å². The van der Waals surface area contributed by atoms with Crippen molar-refractivity contribution in [3.8, 4) is 0 Å². The highest BCUT2D eigenvalue weighted by Gasteiger charge is 2.38. The quantitative estimate of drug-likeness (QED) is 0.834. The lowest BCUT2D eigenvalue weighted by molar-refractivity contribution is 0.00964. The highest BCUT2D eigenvalue weighted by molar-refractivity contribution is 5.92. The minimum absolute atomic E-state index is 0.149. The van der Waals surface area contributed by atoms with Crippen LogP contribution in [0.1, 0.15) is 42.6 Å². The van der Waals surface area contributed by atoms with Gasteiger partial charge in [-0.05, 0) is 32.1 Å². The molecule has 3 heterocycles. The number of aromatic nitrogens is 2. The first kappa shape index (κ1) is 18.2. The summed E-state index contributed by atoms with van der Waals surface area (Å²) in [6.45, 7) is 4.35. The van der Waals surface area contributed by atoms with Gasteiger partial charge in [-0.3, -0.25) is 9.78 Å². The van der Waals surface area contributed by atoms with Crippen molar-refractivity contribution in [2.75, 3.05) is 40.0 Å². The normalized spacial score (nSPS) is 21.8. The molecule has 1 aromatic heterocycles. The molecular weight excluding hydrogens is 320 g/mol.